The van der Waals surface area contributed by atoms with Crippen molar-refractivity contribution >= 4 is 0 Å². The van der Waals surface area contributed by atoms with Crippen molar-refractivity contribution in [2.24, 2.45) is 5.73 Å². The number of rotatable bonds is 8. The highest BCUT2D eigenvalue weighted by atomic mass is 16.5. The van der Waals surface area contributed by atoms with Crippen molar-refractivity contribution in [1.29, 1.82) is 0 Å². The number of nitrogens with zero attached hydrogens (tertiary/aromatic N) is 1. The molecule has 0 aromatic carbocycles. The first kappa shape index (κ1) is 12.9. The van der Waals surface area contributed by atoms with E-state index in [1.165, 1.54) is 25.8 Å². The van der Waals surface area contributed by atoms with Crippen LogP contribution in [0, 0.1) is 0 Å². The molecule has 0 spiro atoms. The zero-order chi connectivity index (χ0) is 11.3. The average Bonchev–Trinajstić information content (AvgIpc) is 3.06. The van der Waals surface area contributed by atoms with Crippen LogP contribution in [0.2, 0.25) is 0 Å². The quantitative estimate of drug-likeness (QED) is 0.667. The first-order valence-electron chi connectivity index (χ1n) is 6.13. The molecule has 1 unspecified atom stereocenters. The number of hydrogen-bond donors (Lipinski definition) is 1. The third-order valence-electron chi connectivity index (χ3n) is 3.43. The molecule has 0 saturated heterocycles. The predicted octanol–water partition coefficient (Wildman–Crippen LogP) is 1.61. The maximum Gasteiger partial charge on any atom is 0.0480 e. The number of nitrogens with two attached hydrogens (primary N) is 1. The van der Waals surface area contributed by atoms with Gasteiger partial charge in [0.2, 0.25) is 0 Å². The molecule has 0 bridgehead atoms. The van der Waals surface area contributed by atoms with Crippen molar-refractivity contribution in [3.8, 4) is 0 Å². The molecule has 90 valence electrons. The second kappa shape index (κ2) is 5.83. The summed E-state index contributed by atoms with van der Waals surface area (Å²) in [6.45, 7) is 7.22. The molecule has 1 saturated carbocycles. The summed E-state index contributed by atoms with van der Waals surface area (Å²) in [5, 5.41) is 0. The summed E-state index contributed by atoms with van der Waals surface area (Å²) in [5.41, 5.74) is 6.08. The van der Waals surface area contributed by atoms with Crippen LogP contribution in [0.1, 0.15) is 39.5 Å². The molecule has 1 atom stereocenters. The lowest BCUT2D eigenvalue weighted by atomic mass is 9.95. The van der Waals surface area contributed by atoms with Crippen LogP contribution in [-0.4, -0.2) is 43.3 Å². The zero-order valence-electron chi connectivity index (χ0n) is 10.5. The predicted molar refractivity (Wildman–Crippen MR) is 64.0 cm³/mol. The van der Waals surface area contributed by atoms with E-state index < -0.39 is 0 Å². The summed E-state index contributed by atoms with van der Waals surface area (Å²) in [6, 6.07) is 0.787. The maximum atomic E-state index is 5.95. The van der Waals surface area contributed by atoms with Gasteiger partial charge in [-0.3, -0.25) is 4.90 Å². The minimum atomic E-state index is 0.132. The van der Waals surface area contributed by atoms with E-state index in [1.807, 2.05) is 0 Å². The van der Waals surface area contributed by atoms with Crippen molar-refractivity contribution in [2.75, 3.05) is 26.8 Å². The molecule has 2 N–H and O–H groups in total. The lowest BCUT2D eigenvalue weighted by Gasteiger charge is -2.41. The van der Waals surface area contributed by atoms with Crippen LogP contribution in [0.15, 0.2) is 0 Å². The van der Waals surface area contributed by atoms with Crippen LogP contribution < -0.4 is 5.73 Å². The van der Waals surface area contributed by atoms with Gasteiger partial charge >= 0.3 is 0 Å². The number of hydrogen-bond acceptors (Lipinski definition) is 3. The largest absolute Gasteiger partial charge is 0.385 e. The SMILES string of the molecule is CCCN(C1CC1)C(C)(CN)CCOC. The van der Waals surface area contributed by atoms with E-state index in [0.717, 1.165) is 25.6 Å². The first-order chi connectivity index (χ1) is 7.18. The van der Waals surface area contributed by atoms with Crippen molar-refractivity contribution < 1.29 is 4.74 Å². The van der Waals surface area contributed by atoms with Gasteiger partial charge < -0.3 is 10.5 Å². The van der Waals surface area contributed by atoms with Crippen LogP contribution in [0.3, 0.4) is 0 Å². The van der Waals surface area contributed by atoms with Crippen LogP contribution in [-0.2, 0) is 4.74 Å². The Balaban J connectivity index is 2.57. The Morgan fingerprint density at radius 1 is 1.47 bits per heavy atom. The molecule has 15 heavy (non-hydrogen) atoms. The molecule has 1 aliphatic rings. The van der Waals surface area contributed by atoms with Gasteiger partial charge in [0, 0.05) is 31.8 Å². The molecule has 1 aliphatic carbocycles. The first-order valence-corrected chi connectivity index (χ1v) is 6.13. The van der Waals surface area contributed by atoms with E-state index in [-0.39, 0.29) is 5.54 Å². The molecule has 0 heterocycles. The van der Waals surface area contributed by atoms with Gasteiger partial charge in [-0.2, -0.15) is 0 Å². The molecule has 0 aliphatic heterocycles. The smallest absolute Gasteiger partial charge is 0.0480 e. The Bertz CT molecular complexity index is 182. The summed E-state index contributed by atoms with van der Waals surface area (Å²) in [7, 11) is 1.76. The molecule has 0 aromatic heterocycles. The minimum absolute atomic E-state index is 0.132. The normalized spacial score (nSPS) is 20.6. The van der Waals surface area contributed by atoms with Crippen LogP contribution in [0.25, 0.3) is 0 Å². The Morgan fingerprint density at radius 2 is 2.13 bits per heavy atom. The summed E-state index contributed by atoms with van der Waals surface area (Å²) in [6.07, 6.45) is 4.95. The van der Waals surface area contributed by atoms with Gasteiger partial charge in [-0.05, 0) is 39.2 Å². The standard InChI is InChI=1S/C12H26N2O/c1-4-8-14(11-5-6-11)12(2,10-13)7-9-15-3/h11H,4-10,13H2,1-3H3. The zero-order valence-corrected chi connectivity index (χ0v) is 10.5. The second-order valence-electron chi connectivity index (χ2n) is 4.87. The van der Waals surface area contributed by atoms with Gasteiger partial charge in [0.15, 0.2) is 0 Å². The maximum absolute atomic E-state index is 5.95. The van der Waals surface area contributed by atoms with Gasteiger partial charge in [-0.1, -0.05) is 6.92 Å². The van der Waals surface area contributed by atoms with Gasteiger partial charge in [0.05, 0.1) is 0 Å². The van der Waals surface area contributed by atoms with Crippen molar-refractivity contribution in [1.82, 2.24) is 4.90 Å². The summed E-state index contributed by atoms with van der Waals surface area (Å²) >= 11 is 0. The summed E-state index contributed by atoms with van der Waals surface area (Å²) < 4.78 is 5.19. The number of ether oxygens (including phenoxy) is 1. The molecule has 0 radical (unpaired) electrons. The third-order valence-corrected chi connectivity index (χ3v) is 3.43. The molecule has 3 nitrogen and oxygen atoms in total. The lowest BCUT2D eigenvalue weighted by Crippen LogP contribution is -2.53. The van der Waals surface area contributed by atoms with E-state index in [0.29, 0.717) is 0 Å². The summed E-state index contributed by atoms with van der Waals surface area (Å²) in [5.74, 6) is 0. The van der Waals surface area contributed by atoms with Crippen molar-refractivity contribution in [3.05, 3.63) is 0 Å². The molecule has 1 rings (SSSR count). The second-order valence-corrected chi connectivity index (χ2v) is 4.87. The van der Waals surface area contributed by atoms with E-state index in [2.05, 4.69) is 18.7 Å². The van der Waals surface area contributed by atoms with Gasteiger partial charge in [0.25, 0.3) is 0 Å². The Morgan fingerprint density at radius 3 is 2.53 bits per heavy atom. The van der Waals surface area contributed by atoms with Gasteiger partial charge in [-0.15, -0.1) is 0 Å². The van der Waals surface area contributed by atoms with Crippen LogP contribution in [0.5, 0.6) is 0 Å². The summed E-state index contributed by atoms with van der Waals surface area (Å²) in [4.78, 5) is 2.60. The molecule has 1 fully saturated rings. The highest BCUT2D eigenvalue weighted by Gasteiger charge is 2.39. The lowest BCUT2D eigenvalue weighted by molar-refractivity contribution is 0.0617. The Kier molecular flexibility index (Phi) is 5.03. The fourth-order valence-corrected chi connectivity index (χ4v) is 2.21. The molecular formula is C12H26N2O. The molecule has 0 aromatic rings. The Hall–Kier alpha value is -0.120. The molecular weight excluding hydrogens is 188 g/mol. The number of methoxy groups -OCH3 is 1. The molecule has 3 heteroatoms. The van der Waals surface area contributed by atoms with E-state index in [4.69, 9.17) is 10.5 Å². The van der Waals surface area contributed by atoms with Crippen molar-refractivity contribution in [2.45, 2.75) is 51.1 Å². The highest BCUT2D eigenvalue weighted by molar-refractivity contribution is 4.96. The monoisotopic (exact) mass is 214 g/mol. The van der Waals surface area contributed by atoms with Crippen LogP contribution in [0.4, 0.5) is 0 Å². The van der Waals surface area contributed by atoms with Crippen molar-refractivity contribution in [3.63, 3.8) is 0 Å². The fraction of sp³-hybridized carbons (Fsp3) is 1.00. The molecule has 0 amide bonds. The van der Waals surface area contributed by atoms with E-state index in [9.17, 15) is 0 Å². The minimum Gasteiger partial charge on any atom is -0.385 e. The topological polar surface area (TPSA) is 38.5 Å². The van der Waals surface area contributed by atoms with Crippen LogP contribution >= 0.6 is 0 Å². The van der Waals surface area contributed by atoms with Gasteiger partial charge in [0.1, 0.15) is 0 Å². The fourth-order valence-electron chi connectivity index (χ4n) is 2.21. The Labute approximate surface area is 94.0 Å². The van der Waals surface area contributed by atoms with E-state index >= 15 is 0 Å². The van der Waals surface area contributed by atoms with Gasteiger partial charge in [-0.25, -0.2) is 0 Å². The average molecular weight is 214 g/mol. The third kappa shape index (κ3) is 3.44. The highest BCUT2D eigenvalue weighted by Crippen LogP contribution is 2.34. The van der Waals surface area contributed by atoms with E-state index in [1.54, 1.807) is 7.11 Å².